The minimum Gasteiger partial charge on any atom is -0.449 e. The number of nitrogens with zero attached hydrogens (tertiary/aromatic N) is 1. The van der Waals surface area contributed by atoms with Gasteiger partial charge in [0.05, 0.1) is 6.20 Å². The van der Waals surface area contributed by atoms with Gasteiger partial charge in [-0.25, -0.2) is 4.98 Å². The average molecular weight is 249 g/mol. The van der Waals surface area contributed by atoms with E-state index in [1.807, 2.05) is 6.20 Å². The molecule has 18 heavy (non-hydrogen) atoms. The lowest BCUT2D eigenvalue weighted by molar-refractivity contribution is 0.269. The minimum atomic E-state index is 0.330. The second-order valence-corrected chi connectivity index (χ2v) is 8.03. The summed E-state index contributed by atoms with van der Waals surface area (Å²) in [5, 5.41) is 0. The zero-order chi connectivity index (χ0) is 13.4. The summed E-state index contributed by atoms with van der Waals surface area (Å²) in [7, 11) is 0. The molecule has 2 atom stereocenters. The van der Waals surface area contributed by atoms with E-state index in [1.165, 1.54) is 25.7 Å². The third-order valence-corrected chi connectivity index (χ3v) is 3.89. The van der Waals surface area contributed by atoms with Crippen LogP contribution in [0.25, 0.3) is 0 Å². The Morgan fingerprint density at radius 3 is 2.39 bits per heavy atom. The van der Waals surface area contributed by atoms with Crippen molar-refractivity contribution >= 4 is 0 Å². The summed E-state index contributed by atoms with van der Waals surface area (Å²) in [6, 6.07) is 0. The van der Waals surface area contributed by atoms with E-state index in [2.05, 4.69) is 39.6 Å². The largest absolute Gasteiger partial charge is 0.449 e. The van der Waals surface area contributed by atoms with Crippen LogP contribution in [-0.4, -0.2) is 4.98 Å². The predicted octanol–water partition coefficient (Wildman–Crippen LogP) is 4.71. The summed E-state index contributed by atoms with van der Waals surface area (Å²) in [5.41, 5.74) is 0.811. The van der Waals surface area contributed by atoms with Crippen LogP contribution in [0.5, 0.6) is 0 Å². The van der Waals surface area contributed by atoms with Gasteiger partial charge >= 0.3 is 0 Å². The lowest BCUT2D eigenvalue weighted by Gasteiger charge is -2.24. The summed E-state index contributed by atoms with van der Waals surface area (Å²) < 4.78 is 5.37. The van der Waals surface area contributed by atoms with Crippen molar-refractivity contribution in [1.82, 2.24) is 4.98 Å². The van der Waals surface area contributed by atoms with Gasteiger partial charge in [-0.05, 0) is 41.9 Å². The first-order valence-corrected chi connectivity index (χ1v) is 7.13. The van der Waals surface area contributed by atoms with Crippen molar-refractivity contribution < 1.29 is 4.42 Å². The highest BCUT2D eigenvalue weighted by Crippen LogP contribution is 2.51. The van der Waals surface area contributed by atoms with Crippen LogP contribution >= 0.6 is 0 Å². The molecule has 2 nitrogen and oxygen atoms in total. The SMILES string of the molecule is CC(C)(C)CC1CC1CC(C)(C)Cc1cnco1. The van der Waals surface area contributed by atoms with Crippen molar-refractivity contribution in [2.24, 2.45) is 22.7 Å². The first-order chi connectivity index (χ1) is 8.25. The molecule has 0 radical (unpaired) electrons. The molecular formula is C16H27NO. The maximum absolute atomic E-state index is 5.37. The van der Waals surface area contributed by atoms with E-state index >= 15 is 0 Å². The highest BCUT2D eigenvalue weighted by atomic mass is 16.3. The third kappa shape index (κ3) is 4.15. The summed E-state index contributed by atoms with van der Waals surface area (Å²) >= 11 is 0. The Labute approximate surface area is 111 Å². The van der Waals surface area contributed by atoms with Gasteiger partial charge in [-0.1, -0.05) is 34.6 Å². The van der Waals surface area contributed by atoms with Gasteiger partial charge in [0, 0.05) is 6.42 Å². The normalized spacial score (nSPS) is 24.3. The van der Waals surface area contributed by atoms with Crippen LogP contribution in [-0.2, 0) is 6.42 Å². The lowest BCUT2D eigenvalue weighted by Crippen LogP contribution is -2.16. The van der Waals surface area contributed by atoms with Crippen molar-refractivity contribution in [3.8, 4) is 0 Å². The highest BCUT2D eigenvalue weighted by Gasteiger charge is 2.42. The molecule has 0 amide bonds. The molecule has 1 aliphatic carbocycles. The monoisotopic (exact) mass is 249 g/mol. The Bertz CT molecular complexity index is 372. The van der Waals surface area contributed by atoms with Gasteiger partial charge in [0.2, 0.25) is 0 Å². The van der Waals surface area contributed by atoms with Crippen molar-refractivity contribution in [2.75, 3.05) is 0 Å². The molecule has 2 heteroatoms. The second-order valence-electron chi connectivity index (χ2n) is 8.03. The number of aromatic nitrogens is 1. The summed E-state index contributed by atoms with van der Waals surface area (Å²) in [5.74, 6) is 2.91. The van der Waals surface area contributed by atoms with Gasteiger partial charge in [-0.15, -0.1) is 0 Å². The van der Waals surface area contributed by atoms with Gasteiger partial charge in [-0.2, -0.15) is 0 Å². The van der Waals surface area contributed by atoms with Crippen molar-refractivity contribution in [3.05, 3.63) is 18.4 Å². The molecule has 0 saturated heterocycles. The van der Waals surface area contributed by atoms with E-state index < -0.39 is 0 Å². The highest BCUT2D eigenvalue weighted by molar-refractivity contribution is 4.98. The van der Waals surface area contributed by atoms with Gasteiger partial charge in [0.15, 0.2) is 6.39 Å². The fraction of sp³-hybridized carbons (Fsp3) is 0.812. The molecular weight excluding hydrogens is 222 g/mol. The molecule has 0 bridgehead atoms. The van der Waals surface area contributed by atoms with E-state index in [-0.39, 0.29) is 0 Å². The van der Waals surface area contributed by atoms with Crippen LogP contribution in [0, 0.1) is 22.7 Å². The number of rotatable bonds is 5. The molecule has 2 unspecified atom stereocenters. The maximum Gasteiger partial charge on any atom is 0.180 e. The molecule has 1 aliphatic rings. The van der Waals surface area contributed by atoms with E-state index in [0.717, 1.165) is 24.0 Å². The van der Waals surface area contributed by atoms with Crippen LogP contribution < -0.4 is 0 Å². The molecule has 1 aromatic rings. The summed E-state index contributed by atoms with van der Waals surface area (Å²) in [6.07, 6.45) is 8.50. The number of hydrogen-bond donors (Lipinski definition) is 0. The quantitative estimate of drug-likeness (QED) is 0.755. The van der Waals surface area contributed by atoms with Gasteiger partial charge in [-0.3, -0.25) is 0 Å². The van der Waals surface area contributed by atoms with Crippen LogP contribution in [0.15, 0.2) is 17.0 Å². The second kappa shape index (κ2) is 4.71. The number of oxazole rings is 1. The Balaban J connectivity index is 1.80. The Kier molecular flexibility index (Phi) is 3.57. The van der Waals surface area contributed by atoms with Crippen molar-refractivity contribution in [3.63, 3.8) is 0 Å². The summed E-state index contributed by atoms with van der Waals surface area (Å²) in [6.45, 7) is 11.7. The van der Waals surface area contributed by atoms with E-state index in [1.54, 1.807) is 0 Å². The topological polar surface area (TPSA) is 26.0 Å². The maximum atomic E-state index is 5.37. The summed E-state index contributed by atoms with van der Waals surface area (Å²) in [4.78, 5) is 4.00. The fourth-order valence-electron chi connectivity index (χ4n) is 3.18. The van der Waals surface area contributed by atoms with Gasteiger partial charge in [0.1, 0.15) is 5.76 Å². The Morgan fingerprint density at radius 1 is 1.17 bits per heavy atom. The first kappa shape index (κ1) is 13.6. The van der Waals surface area contributed by atoms with Crippen molar-refractivity contribution in [1.29, 1.82) is 0 Å². The first-order valence-electron chi connectivity index (χ1n) is 7.13. The zero-order valence-corrected chi connectivity index (χ0v) is 12.5. The third-order valence-electron chi connectivity index (χ3n) is 3.89. The number of hydrogen-bond acceptors (Lipinski definition) is 2. The van der Waals surface area contributed by atoms with Crippen molar-refractivity contribution in [2.45, 2.75) is 60.3 Å². The predicted molar refractivity (Wildman–Crippen MR) is 74.3 cm³/mol. The molecule has 0 spiro atoms. The molecule has 0 N–H and O–H groups in total. The molecule has 1 heterocycles. The Morgan fingerprint density at radius 2 is 1.83 bits per heavy atom. The van der Waals surface area contributed by atoms with E-state index in [0.29, 0.717) is 10.8 Å². The Hall–Kier alpha value is -0.790. The minimum absolute atomic E-state index is 0.330. The van der Waals surface area contributed by atoms with Crippen LogP contribution in [0.3, 0.4) is 0 Å². The molecule has 102 valence electrons. The molecule has 0 aromatic carbocycles. The smallest absolute Gasteiger partial charge is 0.180 e. The molecule has 0 aliphatic heterocycles. The average Bonchev–Trinajstić information content (AvgIpc) is 2.70. The van der Waals surface area contributed by atoms with Crippen LogP contribution in [0.2, 0.25) is 0 Å². The van der Waals surface area contributed by atoms with Crippen LogP contribution in [0.4, 0.5) is 0 Å². The van der Waals surface area contributed by atoms with E-state index in [9.17, 15) is 0 Å². The zero-order valence-electron chi connectivity index (χ0n) is 12.5. The fourth-order valence-corrected chi connectivity index (χ4v) is 3.18. The molecule has 1 aromatic heterocycles. The van der Waals surface area contributed by atoms with Gasteiger partial charge < -0.3 is 4.42 Å². The lowest BCUT2D eigenvalue weighted by atomic mass is 9.81. The molecule has 2 rings (SSSR count). The van der Waals surface area contributed by atoms with Gasteiger partial charge in [0.25, 0.3) is 0 Å². The molecule has 1 fully saturated rings. The van der Waals surface area contributed by atoms with E-state index in [4.69, 9.17) is 4.42 Å². The van der Waals surface area contributed by atoms with Crippen LogP contribution in [0.1, 0.15) is 59.6 Å². The standard InChI is InChI=1S/C16H27NO/c1-15(2,3)7-12-6-13(12)8-16(4,5)9-14-10-17-11-18-14/h10-13H,6-9H2,1-5H3. The molecule has 1 saturated carbocycles.